The number of carbonyl (C=O) groups excluding carboxylic acids is 1. The van der Waals surface area contributed by atoms with E-state index < -0.39 is 10.0 Å². The van der Waals surface area contributed by atoms with Gasteiger partial charge in [-0.2, -0.15) is 0 Å². The van der Waals surface area contributed by atoms with Gasteiger partial charge in [0.05, 0.1) is 10.6 Å². The van der Waals surface area contributed by atoms with Crippen LogP contribution in [0.3, 0.4) is 0 Å². The molecule has 0 radical (unpaired) electrons. The lowest BCUT2D eigenvalue weighted by Gasteiger charge is -2.24. The molecular weight excluding hydrogens is 492 g/mol. The topological polar surface area (TPSA) is 75.7 Å². The molecule has 4 aromatic carbocycles. The zero-order valence-corrected chi connectivity index (χ0v) is 21.1. The Morgan fingerprint density at radius 3 is 1.94 bits per heavy atom. The summed E-state index contributed by atoms with van der Waals surface area (Å²) >= 11 is 1.62. The predicted molar refractivity (Wildman–Crippen MR) is 144 cm³/mol. The van der Waals surface area contributed by atoms with Gasteiger partial charge >= 0.3 is 0 Å². The Kier molecular flexibility index (Phi) is 8.65. The van der Waals surface area contributed by atoms with Crippen molar-refractivity contribution in [1.29, 1.82) is 0 Å². The molecule has 1 amide bonds. The van der Waals surface area contributed by atoms with Gasteiger partial charge in [-0.1, -0.05) is 54.6 Å². The van der Waals surface area contributed by atoms with Gasteiger partial charge in [0.25, 0.3) is 10.0 Å². The van der Waals surface area contributed by atoms with E-state index in [9.17, 15) is 13.2 Å². The lowest BCUT2D eigenvalue weighted by Crippen LogP contribution is -2.41. The first-order valence-electron chi connectivity index (χ1n) is 11.4. The molecule has 0 aromatic heterocycles. The Hall–Kier alpha value is -3.75. The molecule has 0 saturated carbocycles. The van der Waals surface area contributed by atoms with Crippen LogP contribution >= 0.6 is 11.8 Å². The van der Waals surface area contributed by atoms with E-state index in [4.69, 9.17) is 4.74 Å². The van der Waals surface area contributed by atoms with Gasteiger partial charge < -0.3 is 10.1 Å². The van der Waals surface area contributed by atoms with Crippen molar-refractivity contribution in [3.8, 4) is 11.5 Å². The highest BCUT2D eigenvalue weighted by atomic mass is 32.2. The molecule has 4 aromatic rings. The van der Waals surface area contributed by atoms with Crippen LogP contribution in [0.4, 0.5) is 5.69 Å². The number of anilines is 1. The van der Waals surface area contributed by atoms with Gasteiger partial charge in [0.1, 0.15) is 18.0 Å². The molecule has 0 spiro atoms. The van der Waals surface area contributed by atoms with Crippen molar-refractivity contribution in [2.24, 2.45) is 0 Å². The number of ether oxygens (including phenoxy) is 1. The minimum atomic E-state index is -3.97. The number of hydrogen-bond donors (Lipinski definition) is 1. The molecule has 4 rings (SSSR count). The highest BCUT2D eigenvalue weighted by molar-refractivity contribution is 7.99. The number of carbonyl (C=O) groups is 1. The molecule has 0 bridgehead atoms. The number of nitrogens with one attached hydrogen (secondary N) is 1. The summed E-state index contributed by atoms with van der Waals surface area (Å²) in [6, 6.07) is 33.9. The quantitative estimate of drug-likeness (QED) is 0.207. The Labute approximate surface area is 216 Å². The minimum absolute atomic E-state index is 0.113. The summed E-state index contributed by atoms with van der Waals surface area (Å²) in [5.74, 6) is 1.52. The van der Waals surface area contributed by atoms with Gasteiger partial charge in [-0.25, -0.2) is 8.42 Å². The lowest BCUT2D eigenvalue weighted by atomic mass is 10.3. The van der Waals surface area contributed by atoms with Crippen molar-refractivity contribution in [2.45, 2.75) is 9.79 Å². The first kappa shape index (κ1) is 25.3. The number of hydrogen-bond acceptors (Lipinski definition) is 5. The fourth-order valence-electron chi connectivity index (χ4n) is 3.40. The van der Waals surface area contributed by atoms with Gasteiger partial charge in [0, 0.05) is 17.2 Å². The van der Waals surface area contributed by atoms with Crippen molar-refractivity contribution in [1.82, 2.24) is 5.32 Å². The standard InChI is InChI=1S/C28H26N2O4S2/c31-28(29-20-21-35-26-12-6-2-7-13-26)22-30(36(32,33)27-14-8-3-9-15-27)23-16-18-25(19-17-23)34-24-10-4-1-5-11-24/h1-19H,20-22H2,(H,29,31). The third-order valence-electron chi connectivity index (χ3n) is 5.16. The van der Waals surface area contributed by atoms with Crippen LogP contribution in [-0.2, 0) is 14.8 Å². The van der Waals surface area contributed by atoms with E-state index in [-0.39, 0.29) is 17.3 Å². The zero-order chi connectivity index (χ0) is 25.2. The fraction of sp³-hybridized carbons (Fsp3) is 0.107. The second kappa shape index (κ2) is 12.3. The van der Waals surface area contributed by atoms with E-state index >= 15 is 0 Å². The Bertz CT molecular complexity index is 1350. The molecule has 0 saturated heterocycles. The predicted octanol–water partition coefficient (Wildman–Crippen LogP) is 5.58. The molecule has 184 valence electrons. The van der Waals surface area contributed by atoms with E-state index in [1.807, 2.05) is 60.7 Å². The van der Waals surface area contributed by atoms with Gasteiger partial charge in [0.2, 0.25) is 5.91 Å². The summed E-state index contributed by atoms with van der Waals surface area (Å²) < 4.78 is 33.9. The minimum Gasteiger partial charge on any atom is -0.457 e. The average Bonchev–Trinajstić information content (AvgIpc) is 2.92. The number of nitrogens with zero attached hydrogens (tertiary/aromatic N) is 1. The fourth-order valence-corrected chi connectivity index (χ4v) is 5.63. The zero-order valence-electron chi connectivity index (χ0n) is 19.5. The van der Waals surface area contributed by atoms with Crippen molar-refractivity contribution >= 4 is 33.4 Å². The molecule has 0 heterocycles. The smallest absolute Gasteiger partial charge is 0.264 e. The number of sulfonamides is 1. The molecular formula is C28H26N2O4S2. The second-order valence-corrected chi connectivity index (χ2v) is 10.8. The number of benzene rings is 4. The summed E-state index contributed by atoms with van der Waals surface area (Å²) in [5.41, 5.74) is 0.369. The normalized spacial score (nSPS) is 11.0. The monoisotopic (exact) mass is 518 g/mol. The Morgan fingerprint density at radius 1 is 0.750 bits per heavy atom. The third-order valence-corrected chi connectivity index (χ3v) is 7.96. The van der Waals surface area contributed by atoms with Crippen molar-refractivity contribution in [2.75, 3.05) is 23.1 Å². The van der Waals surface area contributed by atoms with E-state index in [1.54, 1.807) is 54.2 Å². The summed E-state index contributed by atoms with van der Waals surface area (Å²) in [6.07, 6.45) is 0. The number of amides is 1. The van der Waals surface area contributed by atoms with Crippen LogP contribution in [0, 0.1) is 0 Å². The summed E-state index contributed by atoms with van der Waals surface area (Å²) in [6.45, 7) is 0.0770. The maximum absolute atomic E-state index is 13.5. The maximum Gasteiger partial charge on any atom is 0.264 e. The highest BCUT2D eigenvalue weighted by Gasteiger charge is 2.27. The maximum atomic E-state index is 13.5. The molecule has 8 heteroatoms. The van der Waals surface area contributed by atoms with Crippen LogP contribution in [0.15, 0.2) is 125 Å². The third kappa shape index (κ3) is 6.90. The SMILES string of the molecule is O=C(CN(c1ccc(Oc2ccccc2)cc1)S(=O)(=O)c1ccccc1)NCCSc1ccccc1. The Balaban J connectivity index is 1.47. The van der Waals surface area contributed by atoms with E-state index in [0.29, 0.717) is 29.5 Å². The van der Waals surface area contributed by atoms with Gasteiger partial charge in [-0.15, -0.1) is 11.8 Å². The van der Waals surface area contributed by atoms with Crippen LogP contribution in [0.1, 0.15) is 0 Å². The average molecular weight is 519 g/mol. The van der Waals surface area contributed by atoms with E-state index in [1.165, 1.54) is 12.1 Å². The Morgan fingerprint density at radius 2 is 1.31 bits per heavy atom. The van der Waals surface area contributed by atoms with Gasteiger partial charge in [0.15, 0.2) is 0 Å². The molecule has 1 N–H and O–H groups in total. The van der Waals surface area contributed by atoms with Crippen LogP contribution in [0.25, 0.3) is 0 Å². The van der Waals surface area contributed by atoms with Crippen LogP contribution in [-0.4, -0.2) is 33.2 Å². The number of rotatable bonds is 11. The highest BCUT2D eigenvalue weighted by Crippen LogP contribution is 2.28. The van der Waals surface area contributed by atoms with Crippen LogP contribution < -0.4 is 14.4 Å². The van der Waals surface area contributed by atoms with Gasteiger partial charge in [-0.3, -0.25) is 9.10 Å². The van der Waals surface area contributed by atoms with E-state index in [0.717, 1.165) is 9.20 Å². The van der Waals surface area contributed by atoms with Crippen molar-refractivity contribution in [3.63, 3.8) is 0 Å². The molecule has 0 aliphatic heterocycles. The largest absolute Gasteiger partial charge is 0.457 e. The van der Waals surface area contributed by atoms with Gasteiger partial charge in [-0.05, 0) is 60.7 Å². The molecule has 6 nitrogen and oxygen atoms in total. The summed E-state index contributed by atoms with van der Waals surface area (Å²) in [7, 11) is -3.97. The molecule has 36 heavy (non-hydrogen) atoms. The summed E-state index contributed by atoms with van der Waals surface area (Å²) in [5, 5.41) is 2.83. The van der Waals surface area contributed by atoms with E-state index in [2.05, 4.69) is 5.32 Å². The lowest BCUT2D eigenvalue weighted by molar-refractivity contribution is -0.119. The second-order valence-electron chi connectivity index (χ2n) is 7.75. The molecule has 0 aliphatic carbocycles. The number of thioether (sulfide) groups is 1. The molecule has 0 fully saturated rings. The van der Waals surface area contributed by atoms with Crippen LogP contribution in [0.5, 0.6) is 11.5 Å². The van der Waals surface area contributed by atoms with Crippen molar-refractivity contribution < 1.29 is 17.9 Å². The molecule has 0 atom stereocenters. The summed E-state index contributed by atoms with van der Waals surface area (Å²) in [4.78, 5) is 14.0. The number of para-hydroxylation sites is 1. The first-order chi connectivity index (χ1) is 17.5. The first-order valence-corrected chi connectivity index (χ1v) is 13.8. The van der Waals surface area contributed by atoms with Crippen molar-refractivity contribution in [3.05, 3.63) is 115 Å². The molecule has 0 aliphatic rings. The molecule has 0 unspecified atom stereocenters. The van der Waals surface area contributed by atoms with Crippen LogP contribution in [0.2, 0.25) is 0 Å².